The summed E-state index contributed by atoms with van der Waals surface area (Å²) in [6.45, 7) is 4.65. The molecule has 0 bridgehead atoms. The molecule has 0 aliphatic carbocycles. The zero-order valence-corrected chi connectivity index (χ0v) is 19.8. The minimum Gasteiger partial charge on any atom is -0.439 e. The van der Waals surface area contributed by atoms with Crippen molar-refractivity contribution in [3.8, 4) is 11.6 Å². The lowest BCUT2D eigenvalue weighted by molar-refractivity contribution is -0.136. The average Bonchev–Trinajstić information content (AvgIpc) is 2.90. The fraction of sp³-hybridized carbons (Fsp3) is 0.346. The van der Waals surface area contributed by atoms with Crippen LogP contribution in [-0.4, -0.2) is 60.0 Å². The van der Waals surface area contributed by atoms with Gasteiger partial charge in [-0.2, -0.15) is 0 Å². The molecule has 0 unspecified atom stereocenters. The van der Waals surface area contributed by atoms with Crippen LogP contribution >= 0.6 is 11.6 Å². The zero-order chi connectivity index (χ0) is 23.3. The number of nitrogens with zero attached hydrogens (tertiary/aromatic N) is 5. The Hall–Kier alpha value is -3.32. The summed E-state index contributed by atoms with van der Waals surface area (Å²) < 4.78 is 5.85. The number of hydrogen-bond acceptors (Lipinski definition) is 6. The SMILES string of the molecule is O=C(C1CCN(c2cc(Oc3ccccc3)ncn2)CC1)N1CCN(c2ccccc2Cl)CC1. The molecule has 1 amide bonds. The molecule has 2 aliphatic rings. The standard InChI is InChI=1S/C26H28ClN5O2/c27-22-8-4-5-9-23(22)30-14-16-32(17-15-30)26(33)20-10-12-31(13-11-20)24-18-25(29-19-28-24)34-21-6-2-1-3-7-21/h1-9,18-20H,10-17H2. The predicted octanol–water partition coefficient (Wildman–Crippen LogP) is 4.49. The molecule has 2 fully saturated rings. The molecule has 2 aliphatic heterocycles. The first-order chi connectivity index (χ1) is 16.7. The second kappa shape index (κ2) is 10.3. The van der Waals surface area contributed by atoms with Crippen LogP contribution in [0.3, 0.4) is 0 Å². The maximum absolute atomic E-state index is 13.2. The van der Waals surface area contributed by atoms with Gasteiger partial charge < -0.3 is 19.4 Å². The number of carbonyl (C=O) groups excluding carboxylic acids is 1. The number of piperazine rings is 1. The molecule has 34 heavy (non-hydrogen) atoms. The monoisotopic (exact) mass is 477 g/mol. The second-order valence-electron chi connectivity index (χ2n) is 8.65. The van der Waals surface area contributed by atoms with Gasteiger partial charge in [0.1, 0.15) is 17.9 Å². The molecule has 0 saturated carbocycles. The number of benzene rings is 2. The molecule has 8 heteroatoms. The number of carbonyl (C=O) groups is 1. The van der Waals surface area contributed by atoms with Gasteiger partial charge in [0.2, 0.25) is 11.8 Å². The number of amides is 1. The molecule has 3 heterocycles. The first kappa shape index (κ1) is 22.5. The molecule has 176 valence electrons. The lowest BCUT2D eigenvalue weighted by Crippen LogP contribution is -2.51. The fourth-order valence-electron chi connectivity index (χ4n) is 4.66. The summed E-state index contributed by atoms with van der Waals surface area (Å²) in [5, 5.41) is 0.761. The van der Waals surface area contributed by atoms with Crippen molar-refractivity contribution < 1.29 is 9.53 Å². The van der Waals surface area contributed by atoms with Gasteiger partial charge in [-0.25, -0.2) is 9.97 Å². The van der Waals surface area contributed by atoms with Gasteiger partial charge in [0.15, 0.2) is 0 Å². The predicted molar refractivity (Wildman–Crippen MR) is 134 cm³/mol. The molecule has 2 saturated heterocycles. The lowest BCUT2D eigenvalue weighted by Gasteiger charge is -2.39. The van der Waals surface area contributed by atoms with Crippen molar-refractivity contribution in [2.24, 2.45) is 5.92 Å². The van der Waals surface area contributed by atoms with Gasteiger partial charge in [-0.05, 0) is 37.1 Å². The van der Waals surface area contributed by atoms with Crippen LogP contribution in [0.15, 0.2) is 67.0 Å². The highest BCUT2D eigenvalue weighted by molar-refractivity contribution is 6.33. The van der Waals surface area contributed by atoms with Gasteiger partial charge in [0.05, 0.1) is 10.7 Å². The lowest BCUT2D eigenvalue weighted by atomic mass is 9.95. The summed E-state index contributed by atoms with van der Waals surface area (Å²) in [5.41, 5.74) is 1.05. The number of piperidine rings is 1. The van der Waals surface area contributed by atoms with Crippen LogP contribution in [0.5, 0.6) is 11.6 Å². The molecule has 0 N–H and O–H groups in total. The maximum Gasteiger partial charge on any atom is 0.225 e. The number of hydrogen-bond donors (Lipinski definition) is 0. The third-order valence-corrected chi connectivity index (χ3v) is 6.87. The number of para-hydroxylation sites is 2. The molecule has 1 aromatic heterocycles. The Bertz CT molecular complexity index is 1110. The van der Waals surface area contributed by atoms with Crippen LogP contribution in [0.25, 0.3) is 0 Å². The molecule has 0 spiro atoms. The van der Waals surface area contributed by atoms with Gasteiger partial charge in [-0.3, -0.25) is 4.79 Å². The summed E-state index contributed by atoms with van der Waals surface area (Å²) in [5.74, 6) is 2.43. The molecule has 7 nitrogen and oxygen atoms in total. The molecule has 5 rings (SSSR count). The molecular weight excluding hydrogens is 450 g/mol. The Kier molecular flexibility index (Phi) is 6.81. The summed E-state index contributed by atoms with van der Waals surface area (Å²) in [4.78, 5) is 28.3. The van der Waals surface area contributed by atoms with E-state index in [2.05, 4.69) is 19.8 Å². The van der Waals surface area contributed by atoms with Gasteiger partial charge in [-0.15, -0.1) is 0 Å². The normalized spacial score (nSPS) is 17.0. The van der Waals surface area contributed by atoms with Crippen LogP contribution in [0.4, 0.5) is 11.5 Å². The van der Waals surface area contributed by atoms with Crippen molar-refractivity contribution in [3.05, 3.63) is 72.0 Å². The molecule has 3 aromatic rings. The van der Waals surface area contributed by atoms with Crippen molar-refractivity contribution >= 4 is 29.0 Å². The number of ether oxygens (including phenoxy) is 1. The van der Waals surface area contributed by atoms with Gasteiger partial charge in [0.25, 0.3) is 0 Å². The molecule has 0 atom stereocenters. The number of aromatic nitrogens is 2. The van der Waals surface area contributed by atoms with E-state index in [0.717, 1.165) is 74.4 Å². The second-order valence-corrected chi connectivity index (χ2v) is 9.06. The topological polar surface area (TPSA) is 61.8 Å². The van der Waals surface area contributed by atoms with Gasteiger partial charge in [-0.1, -0.05) is 41.9 Å². The third kappa shape index (κ3) is 5.09. The summed E-state index contributed by atoms with van der Waals surface area (Å²) in [6.07, 6.45) is 3.17. The number of anilines is 2. The smallest absolute Gasteiger partial charge is 0.225 e. The van der Waals surface area contributed by atoms with Crippen molar-refractivity contribution in [2.75, 3.05) is 49.1 Å². The van der Waals surface area contributed by atoms with E-state index in [1.807, 2.05) is 65.6 Å². The van der Waals surface area contributed by atoms with E-state index in [4.69, 9.17) is 16.3 Å². The largest absolute Gasteiger partial charge is 0.439 e. The zero-order valence-electron chi connectivity index (χ0n) is 19.0. The Morgan fingerprint density at radius 3 is 2.29 bits per heavy atom. The van der Waals surface area contributed by atoms with Crippen LogP contribution in [0.2, 0.25) is 5.02 Å². The van der Waals surface area contributed by atoms with Crippen molar-refractivity contribution in [3.63, 3.8) is 0 Å². The highest BCUT2D eigenvalue weighted by atomic mass is 35.5. The van der Waals surface area contributed by atoms with E-state index in [1.165, 1.54) is 6.33 Å². The average molecular weight is 478 g/mol. The maximum atomic E-state index is 13.2. The summed E-state index contributed by atoms with van der Waals surface area (Å²) in [6, 6.07) is 19.4. The van der Waals surface area contributed by atoms with Crippen molar-refractivity contribution in [1.29, 1.82) is 0 Å². The minimum absolute atomic E-state index is 0.0602. The Morgan fingerprint density at radius 2 is 1.56 bits per heavy atom. The van der Waals surface area contributed by atoms with Gasteiger partial charge in [0, 0.05) is 51.3 Å². The first-order valence-electron chi connectivity index (χ1n) is 11.8. The van der Waals surface area contributed by atoms with E-state index in [0.29, 0.717) is 5.88 Å². The van der Waals surface area contributed by atoms with E-state index in [-0.39, 0.29) is 11.8 Å². The van der Waals surface area contributed by atoms with Crippen LogP contribution in [-0.2, 0) is 4.79 Å². The van der Waals surface area contributed by atoms with E-state index in [9.17, 15) is 4.79 Å². The highest BCUT2D eigenvalue weighted by Gasteiger charge is 2.31. The molecular formula is C26H28ClN5O2. The van der Waals surface area contributed by atoms with Crippen LogP contribution in [0, 0.1) is 5.92 Å². The van der Waals surface area contributed by atoms with E-state index < -0.39 is 0 Å². The molecule has 2 aromatic carbocycles. The van der Waals surface area contributed by atoms with Crippen molar-refractivity contribution in [1.82, 2.24) is 14.9 Å². The third-order valence-electron chi connectivity index (χ3n) is 6.55. The summed E-state index contributed by atoms with van der Waals surface area (Å²) in [7, 11) is 0. The number of halogens is 1. The van der Waals surface area contributed by atoms with Crippen LogP contribution in [0.1, 0.15) is 12.8 Å². The number of rotatable bonds is 5. The Balaban J connectivity index is 1.13. The van der Waals surface area contributed by atoms with E-state index in [1.54, 1.807) is 0 Å². The van der Waals surface area contributed by atoms with Crippen LogP contribution < -0.4 is 14.5 Å². The fourth-order valence-corrected chi connectivity index (χ4v) is 4.91. The Morgan fingerprint density at radius 1 is 0.853 bits per heavy atom. The van der Waals surface area contributed by atoms with Crippen molar-refractivity contribution in [2.45, 2.75) is 12.8 Å². The van der Waals surface area contributed by atoms with Gasteiger partial charge >= 0.3 is 0 Å². The molecule has 0 radical (unpaired) electrons. The minimum atomic E-state index is 0.0602. The Labute approximate surface area is 204 Å². The quantitative estimate of drug-likeness (QED) is 0.539. The van der Waals surface area contributed by atoms with E-state index >= 15 is 0 Å². The summed E-state index contributed by atoms with van der Waals surface area (Å²) >= 11 is 6.35. The highest BCUT2D eigenvalue weighted by Crippen LogP contribution is 2.29. The first-order valence-corrected chi connectivity index (χ1v) is 12.1.